The fourth-order valence-electron chi connectivity index (χ4n) is 3.90. The Morgan fingerprint density at radius 1 is 1.17 bits per heavy atom. The fraction of sp³-hybridized carbons (Fsp3) is 0.409. The normalized spacial score (nSPS) is 19.1. The van der Waals surface area contributed by atoms with Crippen LogP contribution in [0.4, 0.5) is 5.69 Å². The van der Waals surface area contributed by atoms with Gasteiger partial charge in [-0.05, 0) is 68.5 Å². The highest BCUT2D eigenvalue weighted by Gasteiger charge is 2.29. The van der Waals surface area contributed by atoms with Crippen molar-refractivity contribution in [1.82, 2.24) is 5.32 Å². The first-order chi connectivity index (χ1) is 13.9. The summed E-state index contributed by atoms with van der Waals surface area (Å²) in [6, 6.07) is 12.2. The van der Waals surface area contributed by atoms with E-state index in [1.54, 1.807) is 36.4 Å². The first-order valence-corrected chi connectivity index (χ1v) is 11.5. The van der Waals surface area contributed by atoms with Crippen molar-refractivity contribution in [2.45, 2.75) is 43.6 Å². The molecule has 154 valence electrons. The van der Waals surface area contributed by atoms with Crippen molar-refractivity contribution < 1.29 is 17.9 Å². The molecule has 7 heteroatoms. The maximum atomic E-state index is 13.2. The highest BCUT2D eigenvalue weighted by atomic mass is 32.2. The topological polar surface area (TPSA) is 75.7 Å². The van der Waals surface area contributed by atoms with Crippen LogP contribution >= 0.6 is 0 Å². The minimum atomic E-state index is -3.63. The summed E-state index contributed by atoms with van der Waals surface area (Å²) in [5, 5.41) is 2.92. The van der Waals surface area contributed by atoms with Gasteiger partial charge >= 0.3 is 0 Å². The van der Waals surface area contributed by atoms with Crippen LogP contribution in [0.1, 0.15) is 40.7 Å². The number of carbonyl (C=O) groups is 1. The number of nitrogens with zero attached hydrogens (tertiary/aromatic N) is 1. The first kappa shape index (κ1) is 19.9. The van der Waals surface area contributed by atoms with E-state index < -0.39 is 10.0 Å². The molecule has 0 unspecified atom stereocenters. The number of amides is 1. The van der Waals surface area contributed by atoms with Gasteiger partial charge in [0.15, 0.2) is 0 Å². The third-order valence-electron chi connectivity index (χ3n) is 5.54. The fourth-order valence-corrected chi connectivity index (χ4v) is 5.45. The molecule has 0 spiro atoms. The van der Waals surface area contributed by atoms with Crippen molar-refractivity contribution >= 4 is 21.6 Å². The standard InChI is InChI=1S/C22H26N2O4S/c1-16-6-9-20(10-7-16)29(26,27)24-12-2-4-17-14-18(8-11-21(17)24)22(25)23-15-19-5-3-13-28-19/h6-11,14,19H,2-5,12-13,15H2,1H3,(H,23,25)/t19-/m0/s1. The number of aryl methyl sites for hydroxylation is 2. The molecule has 2 aromatic carbocycles. The molecule has 29 heavy (non-hydrogen) atoms. The number of hydrogen-bond acceptors (Lipinski definition) is 4. The van der Waals surface area contributed by atoms with Gasteiger partial charge in [0.25, 0.3) is 15.9 Å². The average molecular weight is 415 g/mol. The third kappa shape index (κ3) is 4.16. The third-order valence-corrected chi connectivity index (χ3v) is 7.37. The van der Waals surface area contributed by atoms with E-state index in [0.29, 0.717) is 24.3 Å². The monoisotopic (exact) mass is 414 g/mol. The van der Waals surface area contributed by atoms with Crippen LogP contribution in [0.25, 0.3) is 0 Å². The lowest BCUT2D eigenvalue weighted by atomic mass is 10.0. The summed E-state index contributed by atoms with van der Waals surface area (Å²) >= 11 is 0. The van der Waals surface area contributed by atoms with E-state index in [1.807, 2.05) is 13.0 Å². The van der Waals surface area contributed by atoms with Crippen molar-refractivity contribution in [3.05, 3.63) is 59.2 Å². The van der Waals surface area contributed by atoms with Gasteiger partial charge in [-0.1, -0.05) is 17.7 Å². The smallest absolute Gasteiger partial charge is 0.264 e. The van der Waals surface area contributed by atoms with Crippen LogP contribution in [0, 0.1) is 6.92 Å². The molecule has 0 bridgehead atoms. The minimum absolute atomic E-state index is 0.0896. The zero-order valence-electron chi connectivity index (χ0n) is 16.6. The van der Waals surface area contributed by atoms with E-state index in [0.717, 1.165) is 43.4 Å². The molecular formula is C22H26N2O4S. The number of nitrogens with one attached hydrogen (secondary N) is 1. The molecule has 1 N–H and O–H groups in total. The van der Waals surface area contributed by atoms with Crippen LogP contribution in [0.5, 0.6) is 0 Å². The summed E-state index contributed by atoms with van der Waals surface area (Å²) in [6.45, 7) is 3.63. The number of ether oxygens (including phenoxy) is 1. The molecule has 2 aromatic rings. The molecule has 0 radical (unpaired) electrons. The molecule has 0 aliphatic carbocycles. The number of benzene rings is 2. The maximum absolute atomic E-state index is 13.2. The SMILES string of the molecule is Cc1ccc(S(=O)(=O)N2CCCc3cc(C(=O)NC[C@@H]4CCCO4)ccc32)cc1. The molecule has 2 aliphatic heterocycles. The van der Waals surface area contributed by atoms with E-state index >= 15 is 0 Å². The van der Waals surface area contributed by atoms with Gasteiger partial charge in [-0.15, -0.1) is 0 Å². The van der Waals surface area contributed by atoms with E-state index in [1.165, 1.54) is 4.31 Å². The van der Waals surface area contributed by atoms with Crippen molar-refractivity contribution in [3.8, 4) is 0 Å². The Kier molecular flexibility index (Phi) is 5.61. The predicted octanol–water partition coefficient (Wildman–Crippen LogP) is 3.05. The Morgan fingerprint density at radius 2 is 1.97 bits per heavy atom. The maximum Gasteiger partial charge on any atom is 0.264 e. The lowest BCUT2D eigenvalue weighted by Crippen LogP contribution is -2.36. The van der Waals surface area contributed by atoms with E-state index in [9.17, 15) is 13.2 Å². The van der Waals surface area contributed by atoms with Gasteiger partial charge in [0, 0.05) is 25.3 Å². The van der Waals surface area contributed by atoms with Crippen LogP contribution in [-0.2, 0) is 21.2 Å². The van der Waals surface area contributed by atoms with Crippen LogP contribution in [-0.4, -0.2) is 40.1 Å². The highest BCUT2D eigenvalue weighted by molar-refractivity contribution is 7.92. The second kappa shape index (κ2) is 8.16. The van der Waals surface area contributed by atoms with Crippen molar-refractivity contribution in [2.24, 2.45) is 0 Å². The molecule has 2 aliphatic rings. The molecule has 1 fully saturated rings. The van der Waals surface area contributed by atoms with Crippen LogP contribution < -0.4 is 9.62 Å². The van der Waals surface area contributed by atoms with Gasteiger partial charge < -0.3 is 10.1 Å². The van der Waals surface area contributed by atoms with Crippen molar-refractivity contribution in [1.29, 1.82) is 0 Å². The molecule has 0 aromatic heterocycles. The second-order valence-electron chi connectivity index (χ2n) is 7.68. The summed E-state index contributed by atoms with van der Waals surface area (Å²) in [5.74, 6) is -0.151. The molecule has 4 rings (SSSR count). The molecule has 1 saturated heterocycles. The summed E-state index contributed by atoms with van der Waals surface area (Å²) in [7, 11) is -3.63. The molecule has 0 saturated carbocycles. The van der Waals surface area contributed by atoms with E-state index in [-0.39, 0.29) is 16.9 Å². The Labute approximate surface area is 171 Å². The van der Waals surface area contributed by atoms with Crippen LogP contribution in [0.2, 0.25) is 0 Å². The summed E-state index contributed by atoms with van der Waals surface area (Å²) < 4.78 is 33.3. The molecule has 2 heterocycles. The van der Waals surface area contributed by atoms with Crippen LogP contribution in [0.3, 0.4) is 0 Å². The van der Waals surface area contributed by atoms with Gasteiger partial charge in [-0.2, -0.15) is 0 Å². The van der Waals surface area contributed by atoms with Gasteiger partial charge in [0.1, 0.15) is 0 Å². The Balaban J connectivity index is 1.55. The molecule has 1 amide bonds. The largest absolute Gasteiger partial charge is 0.376 e. The number of fused-ring (bicyclic) bond motifs is 1. The summed E-state index contributed by atoms with van der Waals surface area (Å²) in [5.41, 5.74) is 3.11. The van der Waals surface area contributed by atoms with Gasteiger partial charge in [-0.25, -0.2) is 8.42 Å². The summed E-state index contributed by atoms with van der Waals surface area (Å²) in [4.78, 5) is 12.8. The minimum Gasteiger partial charge on any atom is -0.376 e. The Bertz CT molecular complexity index is 996. The number of carbonyl (C=O) groups excluding carboxylic acids is 1. The highest BCUT2D eigenvalue weighted by Crippen LogP contribution is 2.32. The Morgan fingerprint density at radius 3 is 2.69 bits per heavy atom. The van der Waals surface area contributed by atoms with E-state index in [2.05, 4.69) is 5.32 Å². The number of sulfonamides is 1. The van der Waals surface area contributed by atoms with Gasteiger partial charge in [0.05, 0.1) is 16.7 Å². The van der Waals surface area contributed by atoms with Crippen molar-refractivity contribution in [3.63, 3.8) is 0 Å². The second-order valence-corrected chi connectivity index (χ2v) is 9.54. The van der Waals surface area contributed by atoms with Crippen LogP contribution in [0.15, 0.2) is 47.4 Å². The molecule has 6 nitrogen and oxygen atoms in total. The predicted molar refractivity (Wildman–Crippen MR) is 112 cm³/mol. The van der Waals surface area contributed by atoms with E-state index in [4.69, 9.17) is 4.74 Å². The quantitative estimate of drug-likeness (QED) is 0.816. The lowest BCUT2D eigenvalue weighted by Gasteiger charge is -2.30. The first-order valence-electron chi connectivity index (χ1n) is 10.1. The number of anilines is 1. The number of rotatable bonds is 5. The molecule has 1 atom stereocenters. The average Bonchev–Trinajstić information content (AvgIpc) is 3.25. The zero-order chi connectivity index (χ0) is 20.4. The van der Waals surface area contributed by atoms with Gasteiger partial charge in [-0.3, -0.25) is 9.10 Å². The zero-order valence-corrected chi connectivity index (χ0v) is 17.4. The number of hydrogen-bond donors (Lipinski definition) is 1. The van der Waals surface area contributed by atoms with Crippen molar-refractivity contribution in [2.75, 3.05) is 24.0 Å². The van der Waals surface area contributed by atoms with Gasteiger partial charge in [0.2, 0.25) is 0 Å². The summed E-state index contributed by atoms with van der Waals surface area (Å²) in [6.07, 6.45) is 3.56. The molecular weight excluding hydrogens is 388 g/mol. The Hall–Kier alpha value is -2.38. The lowest BCUT2D eigenvalue weighted by molar-refractivity contribution is 0.0857.